The summed E-state index contributed by atoms with van der Waals surface area (Å²) in [5.74, 6) is -2.95. The molecule has 0 aromatic carbocycles. The van der Waals surface area contributed by atoms with Gasteiger partial charge in [-0.2, -0.15) is 0 Å². The van der Waals surface area contributed by atoms with E-state index in [9.17, 15) is 24.3 Å². The quantitative estimate of drug-likeness (QED) is 0.175. The molecule has 3 amide bonds. The number of aliphatic carboxylic acids is 1. The molecule has 1 rings (SSSR count). The minimum atomic E-state index is -1.22. The maximum atomic E-state index is 12.6. The average Bonchev–Trinajstić information content (AvgIpc) is 3.19. The van der Waals surface area contributed by atoms with Crippen molar-refractivity contribution in [1.82, 2.24) is 25.9 Å². The molecule has 30 heavy (non-hydrogen) atoms. The number of amides is 3. The van der Waals surface area contributed by atoms with Gasteiger partial charge in [0.1, 0.15) is 18.1 Å². The Balaban J connectivity index is 2.70. The van der Waals surface area contributed by atoms with E-state index >= 15 is 0 Å². The van der Waals surface area contributed by atoms with Crippen LogP contribution in [0.5, 0.6) is 0 Å². The molecule has 0 aliphatic rings. The maximum absolute atomic E-state index is 12.6. The van der Waals surface area contributed by atoms with Gasteiger partial charge in [-0.3, -0.25) is 14.4 Å². The molecular formula is C18H31N7O5. The molecule has 0 bridgehead atoms. The van der Waals surface area contributed by atoms with Crippen molar-refractivity contribution in [2.45, 2.75) is 63.7 Å². The number of hydrogen-bond acceptors (Lipinski definition) is 7. The highest BCUT2D eigenvalue weighted by Gasteiger charge is 2.27. The normalized spacial score (nSPS) is 14.8. The summed E-state index contributed by atoms with van der Waals surface area (Å²) >= 11 is 0. The number of unbranched alkanes of at least 4 members (excludes halogenated alkanes) is 1. The number of carbonyl (C=O) groups excluding carboxylic acids is 3. The molecule has 1 aromatic rings. The molecule has 168 valence electrons. The standard InChI is InChI=1S/C18H31N7O5/c1-10(20)15(26)24-13(5-3-4-6-19)17(28)23-11(2)16(27)25-14(18(29)30)7-12-8-21-9-22-12/h8-11,13-14H,3-7,19-20H2,1-2H3,(H,21,22)(H,23,28)(H,24,26)(H,25,27)(H,29,30). The minimum absolute atomic E-state index is 0.00784. The fraction of sp³-hybridized carbons (Fsp3) is 0.611. The van der Waals surface area contributed by atoms with Gasteiger partial charge in [-0.15, -0.1) is 0 Å². The van der Waals surface area contributed by atoms with Gasteiger partial charge in [-0.05, 0) is 39.7 Å². The Kier molecular flexibility index (Phi) is 10.5. The summed E-state index contributed by atoms with van der Waals surface area (Å²) in [5, 5.41) is 16.8. The smallest absolute Gasteiger partial charge is 0.326 e. The van der Waals surface area contributed by atoms with Gasteiger partial charge in [0, 0.05) is 18.3 Å². The Hall–Kier alpha value is -2.99. The first-order valence-electron chi connectivity index (χ1n) is 9.72. The van der Waals surface area contributed by atoms with Crippen molar-refractivity contribution in [1.29, 1.82) is 0 Å². The third-order valence-electron chi connectivity index (χ3n) is 4.34. The molecular weight excluding hydrogens is 394 g/mol. The molecule has 0 radical (unpaired) electrons. The number of aromatic nitrogens is 2. The number of H-pyrrole nitrogens is 1. The van der Waals surface area contributed by atoms with Crippen LogP contribution < -0.4 is 27.4 Å². The second-order valence-electron chi connectivity index (χ2n) is 7.04. The number of aromatic amines is 1. The van der Waals surface area contributed by atoms with Crippen LogP contribution in [0.2, 0.25) is 0 Å². The van der Waals surface area contributed by atoms with E-state index in [4.69, 9.17) is 11.5 Å². The predicted octanol–water partition coefficient (Wildman–Crippen LogP) is -2.01. The van der Waals surface area contributed by atoms with Crippen molar-refractivity contribution in [3.63, 3.8) is 0 Å². The SMILES string of the molecule is CC(N)C(=O)NC(CCCCN)C(=O)NC(C)C(=O)NC(Cc1cnc[nH]1)C(=O)O. The minimum Gasteiger partial charge on any atom is -0.480 e. The van der Waals surface area contributed by atoms with Gasteiger partial charge >= 0.3 is 5.97 Å². The van der Waals surface area contributed by atoms with Crippen molar-refractivity contribution in [3.05, 3.63) is 18.2 Å². The van der Waals surface area contributed by atoms with Gasteiger partial charge in [-0.25, -0.2) is 9.78 Å². The van der Waals surface area contributed by atoms with Crippen LogP contribution in [0.4, 0.5) is 0 Å². The predicted molar refractivity (Wildman–Crippen MR) is 108 cm³/mol. The summed E-state index contributed by atoms with van der Waals surface area (Å²) in [6, 6.07) is -3.90. The first-order valence-corrected chi connectivity index (χ1v) is 9.72. The first kappa shape index (κ1) is 25.0. The van der Waals surface area contributed by atoms with Gasteiger partial charge in [0.2, 0.25) is 17.7 Å². The molecule has 0 aliphatic carbocycles. The summed E-state index contributed by atoms with van der Waals surface area (Å²) in [5.41, 5.74) is 11.5. The Morgan fingerprint density at radius 2 is 1.73 bits per heavy atom. The fourth-order valence-electron chi connectivity index (χ4n) is 2.56. The van der Waals surface area contributed by atoms with Crippen molar-refractivity contribution in [3.8, 4) is 0 Å². The summed E-state index contributed by atoms with van der Waals surface area (Å²) in [7, 11) is 0. The van der Waals surface area contributed by atoms with E-state index in [-0.39, 0.29) is 6.42 Å². The highest BCUT2D eigenvalue weighted by molar-refractivity contribution is 5.93. The lowest BCUT2D eigenvalue weighted by molar-refractivity contribution is -0.142. The zero-order valence-electron chi connectivity index (χ0n) is 17.2. The van der Waals surface area contributed by atoms with E-state index in [2.05, 4.69) is 25.9 Å². The Bertz CT molecular complexity index is 708. The molecule has 4 unspecified atom stereocenters. The molecule has 9 N–H and O–H groups in total. The lowest BCUT2D eigenvalue weighted by Crippen LogP contribution is -2.56. The molecule has 12 nitrogen and oxygen atoms in total. The zero-order chi connectivity index (χ0) is 22.7. The van der Waals surface area contributed by atoms with Crippen LogP contribution in [0.15, 0.2) is 12.5 Å². The first-order chi connectivity index (χ1) is 14.1. The van der Waals surface area contributed by atoms with Crippen LogP contribution in [0, 0.1) is 0 Å². The summed E-state index contributed by atoms with van der Waals surface area (Å²) in [4.78, 5) is 54.9. The van der Waals surface area contributed by atoms with Crippen LogP contribution in [0.1, 0.15) is 38.8 Å². The molecule has 0 saturated heterocycles. The summed E-state index contributed by atoms with van der Waals surface area (Å²) < 4.78 is 0. The number of carboxylic acids is 1. The van der Waals surface area contributed by atoms with Gasteiger partial charge in [0.15, 0.2) is 0 Å². The Labute approximate surface area is 174 Å². The van der Waals surface area contributed by atoms with E-state index in [0.717, 1.165) is 0 Å². The van der Waals surface area contributed by atoms with Crippen LogP contribution in [0.25, 0.3) is 0 Å². The summed E-state index contributed by atoms with van der Waals surface area (Å²) in [6.07, 6.45) is 4.46. The van der Waals surface area contributed by atoms with Crippen LogP contribution >= 0.6 is 0 Å². The average molecular weight is 425 g/mol. The number of hydrogen-bond donors (Lipinski definition) is 7. The van der Waals surface area contributed by atoms with Crippen molar-refractivity contribution in [2.24, 2.45) is 11.5 Å². The van der Waals surface area contributed by atoms with Gasteiger partial charge < -0.3 is 37.5 Å². The molecule has 0 spiro atoms. The number of rotatable bonds is 13. The van der Waals surface area contributed by atoms with Gasteiger partial charge in [0.05, 0.1) is 12.4 Å². The number of nitrogens with one attached hydrogen (secondary N) is 4. The van der Waals surface area contributed by atoms with Crippen LogP contribution in [-0.4, -0.2) is 69.5 Å². The topological polar surface area (TPSA) is 205 Å². The van der Waals surface area contributed by atoms with Crippen molar-refractivity contribution < 1.29 is 24.3 Å². The second kappa shape index (κ2) is 12.5. The largest absolute Gasteiger partial charge is 0.480 e. The number of nitrogens with two attached hydrogens (primary N) is 2. The molecule has 4 atom stereocenters. The Morgan fingerprint density at radius 1 is 1.07 bits per heavy atom. The van der Waals surface area contributed by atoms with E-state index in [1.807, 2.05) is 0 Å². The monoisotopic (exact) mass is 425 g/mol. The molecule has 1 aromatic heterocycles. The molecule has 1 heterocycles. The zero-order valence-corrected chi connectivity index (χ0v) is 17.2. The van der Waals surface area contributed by atoms with Gasteiger partial charge in [0.25, 0.3) is 0 Å². The Morgan fingerprint density at radius 3 is 2.27 bits per heavy atom. The highest BCUT2D eigenvalue weighted by atomic mass is 16.4. The van der Waals surface area contributed by atoms with E-state index in [1.54, 1.807) is 0 Å². The highest BCUT2D eigenvalue weighted by Crippen LogP contribution is 2.03. The van der Waals surface area contributed by atoms with Crippen molar-refractivity contribution in [2.75, 3.05) is 6.54 Å². The van der Waals surface area contributed by atoms with E-state index in [1.165, 1.54) is 26.4 Å². The number of carboxylic acid groups (broad SMARTS) is 1. The maximum Gasteiger partial charge on any atom is 0.326 e. The van der Waals surface area contributed by atoms with Crippen LogP contribution in [0.3, 0.4) is 0 Å². The lowest BCUT2D eigenvalue weighted by atomic mass is 10.1. The third-order valence-corrected chi connectivity index (χ3v) is 4.34. The van der Waals surface area contributed by atoms with E-state index < -0.39 is 47.9 Å². The van der Waals surface area contributed by atoms with Crippen LogP contribution in [-0.2, 0) is 25.6 Å². The van der Waals surface area contributed by atoms with Crippen molar-refractivity contribution >= 4 is 23.7 Å². The fourth-order valence-corrected chi connectivity index (χ4v) is 2.56. The summed E-state index contributed by atoms with van der Waals surface area (Å²) in [6.45, 7) is 3.36. The molecule has 0 fully saturated rings. The number of imidazole rings is 1. The number of carbonyl (C=O) groups is 4. The molecule has 12 heteroatoms. The number of nitrogens with zero attached hydrogens (tertiary/aromatic N) is 1. The van der Waals surface area contributed by atoms with Gasteiger partial charge in [-0.1, -0.05) is 0 Å². The lowest BCUT2D eigenvalue weighted by Gasteiger charge is -2.23. The second-order valence-corrected chi connectivity index (χ2v) is 7.04. The third kappa shape index (κ3) is 8.57. The van der Waals surface area contributed by atoms with E-state index in [0.29, 0.717) is 31.5 Å². The molecule has 0 aliphatic heterocycles. The molecule has 0 saturated carbocycles.